The normalized spacial score (nSPS) is 26.4. The minimum atomic E-state index is -4.13. The first-order valence-electron chi connectivity index (χ1n) is 17.1. The summed E-state index contributed by atoms with van der Waals surface area (Å²) in [7, 11) is -12.2. The third-order valence-corrected chi connectivity index (χ3v) is 13.2. The largest absolute Gasteiger partial charge is 0.351 e. The third-order valence-electron chi connectivity index (χ3n) is 9.36. The van der Waals surface area contributed by atoms with Crippen molar-refractivity contribution in [2.45, 2.75) is 131 Å². The Hall–Kier alpha value is -1.96. The number of alkyl halides is 2. The van der Waals surface area contributed by atoms with Crippen LogP contribution in [0.1, 0.15) is 103 Å². The molecule has 1 amide bonds. The van der Waals surface area contributed by atoms with E-state index < -0.39 is 81.3 Å². The monoisotopic (exact) mass is 832 g/mol. The number of unbranched alkanes of at least 4 members (excludes halogenated alkanes) is 2. The third kappa shape index (κ3) is 13.1. The zero-order valence-electron chi connectivity index (χ0n) is 29.7. The number of hydrogen-bond donors (Lipinski definition) is 4. The molecule has 17 nitrogen and oxygen atoms in total. The molecule has 5 atom stereocenters. The zero-order valence-corrected chi connectivity index (χ0v) is 33.7. The second kappa shape index (κ2) is 18.1. The Bertz CT molecular complexity index is 1760. The molecule has 2 aliphatic rings. The number of nitriles is 1. The number of nitrogens with zero attached hydrogens (tertiary/aromatic N) is 6. The molecule has 296 valence electrons. The molecule has 0 bridgehead atoms. The molecule has 5 unspecified atom stereocenters. The Morgan fingerprint density at radius 3 is 1.98 bits per heavy atom. The van der Waals surface area contributed by atoms with Crippen LogP contribution in [0, 0.1) is 11.3 Å². The molecule has 1 aromatic heterocycles. The lowest BCUT2D eigenvalue weighted by molar-refractivity contribution is -0.120. The fraction of sp³-hybridized carbons (Fsp3) is 0.833. The van der Waals surface area contributed by atoms with Gasteiger partial charge < -0.3 is 10.2 Å². The van der Waals surface area contributed by atoms with Crippen molar-refractivity contribution in [2.75, 3.05) is 24.6 Å². The van der Waals surface area contributed by atoms with Gasteiger partial charge in [0.1, 0.15) is 11.6 Å². The molecule has 0 radical (unpaired) electrons. The summed E-state index contributed by atoms with van der Waals surface area (Å²) in [4.78, 5) is 14.5. The fourth-order valence-electron chi connectivity index (χ4n) is 6.86. The summed E-state index contributed by atoms with van der Waals surface area (Å²) in [6.07, 6.45) is 2.75. The maximum absolute atomic E-state index is 12.4. The van der Waals surface area contributed by atoms with Crippen LogP contribution >= 0.6 is 23.2 Å². The molecule has 22 heteroatoms. The Labute approximate surface area is 316 Å². The van der Waals surface area contributed by atoms with Gasteiger partial charge >= 0.3 is 0 Å². The van der Waals surface area contributed by atoms with Crippen LogP contribution in [-0.2, 0) is 40.5 Å². The Balaban J connectivity index is 1.93. The standard InChI is InChI=1S/C30H50Cl2N8O9S3/c1-19(41)35-26-15-20(39(11-5-7-13-50(42,43)44)12-6-8-14-51(45,46)47)9-10-25(26)36-37-29-22(18-33)28(30(2,3)4)38-40(29)27-23(31)16-21(17-24(27)32)52(34,48)49/h20-21,23-27H,5-17H2,1-4H3,(H,35,41)(H2,34,48,49)(H,42,43,44)(H,45,46,47). The molecule has 0 saturated heterocycles. The van der Waals surface area contributed by atoms with Crippen molar-refractivity contribution in [1.29, 1.82) is 5.26 Å². The van der Waals surface area contributed by atoms with E-state index in [1.54, 1.807) is 0 Å². The minimum absolute atomic E-state index is 0.00814. The molecule has 1 aromatic rings. The van der Waals surface area contributed by atoms with E-state index in [2.05, 4.69) is 26.5 Å². The highest BCUT2D eigenvalue weighted by molar-refractivity contribution is 7.89. The predicted molar refractivity (Wildman–Crippen MR) is 197 cm³/mol. The number of nitrogens with one attached hydrogen (secondary N) is 1. The first-order valence-corrected chi connectivity index (χ1v) is 22.8. The minimum Gasteiger partial charge on any atom is -0.351 e. The molecular weight excluding hydrogens is 783 g/mol. The number of halogens is 2. The summed E-state index contributed by atoms with van der Waals surface area (Å²) < 4.78 is 89.0. The van der Waals surface area contributed by atoms with E-state index in [9.17, 15) is 35.3 Å². The van der Waals surface area contributed by atoms with Gasteiger partial charge in [-0.1, -0.05) is 20.8 Å². The van der Waals surface area contributed by atoms with Gasteiger partial charge in [0.25, 0.3) is 20.2 Å². The van der Waals surface area contributed by atoms with Crippen molar-refractivity contribution in [3.8, 4) is 6.07 Å². The number of amides is 1. The van der Waals surface area contributed by atoms with Crippen LogP contribution in [0.25, 0.3) is 0 Å². The number of aromatic nitrogens is 2. The van der Waals surface area contributed by atoms with Gasteiger partial charge in [0, 0.05) is 18.4 Å². The van der Waals surface area contributed by atoms with E-state index in [0.717, 1.165) is 0 Å². The van der Waals surface area contributed by atoms with E-state index in [1.165, 1.54) is 11.6 Å². The number of carbonyl (C=O) groups excluding carboxylic acids is 1. The fourth-order valence-corrected chi connectivity index (χ4v) is 10.2. The molecule has 0 aliphatic heterocycles. The van der Waals surface area contributed by atoms with Crippen LogP contribution in [0.5, 0.6) is 0 Å². The van der Waals surface area contributed by atoms with E-state index in [4.69, 9.17) is 42.5 Å². The first kappa shape index (κ1) is 44.4. The summed E-state index contributed by atoms with van der Waals surface area (Å²) >= 11 is 13.5. The Morgan fingerprint density at radius 2 is 1.54 bits per heavy atom. The highest BCUT2D eigenvalue weighted by Gasteiger charge is 2.44. The van der Waals surface area contributed by atoms with Crippen LogP contribution in [0.2, 0.25) is 0 Å². The molecular formula is C30H50Cl2N8O9S3. The maximum Gasteiger partial charge on any atom is 0.264 e. The summed E-state index contributed by atoms with van der Waals surface area (Å²) in [5, 5.41) is 30.0. The van der Waals surface area contributed by atoms with Crippen LogP contribution in [0.3, 0.4) is 0 Å². The second-order valence-electron chi connectivity index (χ2n) is 14.6. The average Bonchev–Trinajstić information content (AvgIpc) is 3.36. The van der Waals surface area contributed by atoms with Crippen LogP contribution < -0.4 is 10.5 Å². The molecule has 3 rings (SSSR count). The Kier molecular flexibility index (Phi) is 15.5. The molecule has 5 N–H and O–H groups in total. The quantitative estimate of drug-likeness (QED) is 0.0808. The predicted octanol–water partition coefficient (Wildman–Crippen LogP) is 3.41. The van der Waals surface area contributed by atoms with Gasteiger partial charge in [-0.15, -0.1) is 28.3 Å². The lowest BCUT2D eigenvalue weighted by atomic mass is 9.86. The molecule has 2 fully saturated rings. The molecule has 0 spiro atoms. The number of rotatable bonds is 16. The van der Waals surface area contributed by atoms with Gasteiger partial charge in [0.2, 0.25) is 15.9 Å². The van der Waals surface area contributed by atoms with E-state index in [0.29, 0.717) is 50.9 Å². The molecule has 1 heterocycles. The number of primary sulfonamides is 1. The van der Waals surface area contributed by atoms with Crippen LogP contribution in [-0.4, -0.2) is 114 Å². The molecule has 2 saturated carbocycles. The van der Waals surface area contributed by atoms with Gasteiger partial charge in [-0.3, -0.25) is 13.9 Å². The smallest absolute Gasteiger partial charge is 0.264 e. The number of sulfonamides is 1. The summed E-state index contributed by atoms with van der Waals surface area (Å²) in [6, 6.07) is 0.280. The number of azo groups is 1. The topological polar surface area (TPSA) is 268 Å². The lowest BCUT2D eigenvalue weighted by Gasteiger charge is -2.40. The van der Waals surface area contributed by atoms with E-state index >= 15 is 0 Å². The van der Waals surface area contributed by atoms with Gasteiger partial charge in [0.05, 0.1) is 51.3 Å². The highest BCUT2D eigenvalue weighted by Crippen LogP contribution is 2.43. The molecule has 52 heavy (non-hydrogen) atoms. The summed E-state index contributed by atoms with van der Waals surface area (Å²) in [5.41, 5.74) is -0.0281. The van der Waals surface area contributed by atoms with Crippen molar-refractivity contribution < 1.29 is 39.2 Å². The molecule has 0 aromatic carbocycles. The summed E-state index contributed by atoms with van der Waals surface area (Å²) in [6.45, 7) is 7.89. The average molecular weight is 834 g/mol. The lowest BCUT2D eigenvalue weighted by Crippen LogP contribution is -2.51. The van der Waals surface area contributed by atoms with Gasteiger partial charge in [-0.2, -0.15) is 32.3 Å². The van der Waals surface area contributed by atoms with Crippen LogP contribution in [0.15, 0.2) is 10.2 Å². The summed E-state index contributed by atoms with van der Waals surface area (Å²) in [5.74, 6) is -0.999. The van der Waals surface area contributed by atoms with Gasteiger partial charge in [-0.25, -0.2) is 18.2 Å². The van der Waals surface area contributed by atoms with E-state index in [1.807, 2.05) is 20.8 Å². The van der Waals surface area contributed by atoms with Crippen molar-refractivity contribution in [3.63, 3.8) is 0 Å². The maximum atomic E-state index is 12.4. The number of carbonyl (C=O) groups is 1. The molecule has 2 aliphatic carbocycles. The van der Waals surface area contributed by atoms with E-state index in [-0.39, 0.29) is 49.0 Å². The van der Waals surface area contributed by atoms with Gasteiger partial charge in [0.15, 0.2) is 5.82 Å². The second-order valence-corrected chi connectivity index (χ2v) is 20.7. The first-order chi connectivity index (χ1) is 23.9. The van der Waals surface area contributed by atoms with Crippen LogP contribution in [0.4, 0.5) is 5.82 Å². The SMILES string of the molecule is CC(=O)NC1CC(N(CCCCS(=O)(=O)O)CCCCS(=O)(=O)O)CCC1N=Nc1c(C#N)c(C(C)(C)C)nn1C1C(Cl)CC(S(N)(=O)=O)CC1Cl. The Morgan fingerprint density at radius 1 is 1.00 bits per heavy atom. The number of nitrogens with two attached hydrogens (primary N) is 1. The van der Waals surface area contributed by atoms with Gasteiger partial charge in [-0.05, 0) is 70.9 Å². The number of hydrogen-bond acceptors (Lipinski definition) is 12. The van der Waals surface area contributed by atoms with Crippen molar-refractivity contribution in [3.05, 3.63) is 11.3 Å². The zero-order chi connectivity index (χ0) is 39.2. The highest BCUT2D eigenvalue weighted by atomic mass is 35.5. The van der Waals surface area contributed by atoms with Crippen molar-refractivity contribution in [1.82, 2.24) is 20.0 Å². The van der Waals surface area contributed by atoms with Crippen molar-refractivity contribution >= 4 is 65.2 Å². The van der Waals surface area contributed by atoms with Crippen molar-refractivity contribution in [2.24, 2.45) is 15.4 Å².